The fourth-order valence-corrected chi connectivity index (χ4v) is 2.86. The van der Waals surface area contributed by atoms with Gasteiger partial charge in [0.05, 0.1) is 0 Å². The van der Waals surface area contributed by atoms with Crippen molar-refractivity contribution < 1.29 is 8.42 Å². The van der Waals surface area contributed by atoms with Gasteiger partial charge in [0.2, 0.25) is 0 Å². The van der Waals surface area contributed by atoms with E-state index in [0.29, 0.717) is 6.54 Å². The molecule has 0 aliphatic heterocycles. The lowest BCUT2D eigenvalue weighted by molar-refractivity contribution is 0.256. The second-order valence-electron chi connectivity index (χ2n) is 4.85. The third-order valence-corrected chi connectivity index (χ3v) is 5.36. The van der Waals surface area contributed by atoms with Crippen molar-refractivity contribution in [3.63, 3.8) is 0 Å². The molecule has 0 saturated carbocycles. The van der Waals surface area contributed by atoms with Gasteiger partial charge in [-0.05, 0) is 31.9 Å². The molecule has 6 heteroatoms. The molecule has 18 heavy (non-hydrogen) atoms. The van der Waals surface area contributed by atoms with Gasteiger partial charge in [0.15, 0.2) is 5.03 Å². The summed E-state index contributed by atoms with van der Waals surface area (Å²) in [7, 11) is -1.97. The van der Waals surface area contributed by atoms with Gasteiger partial charge < -0.3 is 5.73 Å². The van der Waals surface area contributed by atoms with E-state index in [2.05, 4.69) is 4.98 Å². The van der Waals surface area contributed by atoms with Crippen molar-refractivity contribution in [1.29, 1.82) is 0 Å². The second kappa shape index (κ2) is 5.34. The van der Waals surface area contributed by atoms with Crippen LogP contribution in [-0.2, 0) is 16.6 Å². The standard InChI is InChI=1S/C12H21N3O2S/c1-5-12(2,3)15(4)18(16,17)11-7-6-10(8-13)9-14-11/h6-7,9H,5,8,13H2,1-4H3. The van der Waals surface area contributed by atoms with Crippen LogP contribution in [0, 0.1) is 0 Å². The van der Waals surface area contributed by atoms with E-state index >= 15 is 0 Å². The number of pyridine rings is 1. The molecule has 0 bridgehead atoms. The Morgan fingerprint density at radius 3 is 2.39 bits per heavy atom. The highest BCUT2D eigenvalue weighted by Crippen LogP contribution is 2.24. The van der Waals surface area contributed by atoms with E-state index in [1.165, 1.54) is 16.6 Å². The number of hydrogen-bond acceptors (Lipinski definition) is 4. The van der Waals surface area contributed by atoms with Crippen LogP contribution in [0.25, 0.3) is 0 Å². The summed E-state index contributed by atoms with van der Waals surface area (Å²) in [6.45, 7) is 6.08. The SMILES string of the molecule is CCC(C)(C)N(C)S(=O)(=O)c1ccc(CN)cn1. The molecule has 0 unspecified atom stereocenters. The van der Waals surface area contributed by atoms with Crippen molar-refractivity contribution in [3.8, 4) is 0 Å². The highest BCUT2D eigenvalue weighted by molar-refractivity contribution is 7.89. The number of nitrogens with zero attached hydrogens (tertiary/aromatic N) is 2. The van der Waals surface area contributed by atoms with Gasteiger partial charge in [-0.1, -0.05) is 13.0 Å². The molecule has 0 atom stereocenters. The molecule has 0 saturated heterocycles. The second-order valence-corrected chi connectivity index (χ2v) is 6.76. The minimum absolute atomic E-state index is 0.0590. The monoisotopic (exact) mass is 271 g/mol. The number of rotatable bonds is 5. The summed E-state index contributed by atoms with van der Waals surface area (Å²) in [5.41, 5.74) is 5.83. The number of sulfonamides is 1. The van der Waals surface area contributed by atoms with E-state index in [4.69, 9.17) is 5.73 Å². The number of nitrogens with two attached hydrogens (primary N) is 1. The number of aromatic nitrogens is 1. The molecule has 0 aliphatic rings. The molecule has 1 aromatic heterocycles. The van der Waals surface area contributed by atoms with Crippen molar-refractivity contribution in [2.45, 2.75) is 44.3 Å². The number of hydrogen-bond donors (Lipinski definition) is 1. The Kier molecular flexibility index (Phi) is 4.47. The minimum Gasteiger partial charge on any atom is -0.326 e. The molecule has 0 aromatic carbocycles. The molecule has 1 rings (SSSR count). The predicted molar refractivity (Wildman–Crippen MR) is 71.4 cm³/mol. The van der Waals surface area contributed by atoms with Gasteiger partial charge in [0, 0.05) is 25.3 Å². The fraction of sp³-hybridized carbons (Fsp3) is 0.583. The maximum absolute atomic E-state index is 12.4. The van der Waals surface area contributed by atoms with Gasteiger partial charge in [0.1, 0.15) is 0 Å². The first-order valence-corrected chi connectivity index (χ1v) is 7.33. The van der Waals surface area contributed by atoms with Gasteiger partial charge in [-0.25, -0.2) is 13.4 Å². The van der Waals surface area contributed by atoms with E-state index in [1.807, 2.05) is 20.8 Å². The Morgan fingerprint density at radius 1 is 1.39 bits per heavy atom. The first-order valence-electron chi connectivity index (χ1n) is 5.89. The molecule has 102 valence electrons. The van der Waals surface area contributed by atoms with Crippen molar-refractivity contribution in [2.75, 3.05) is 7.05 Å². The Balaban J connectivity index is 3.13. The Hall–Kier alpha value is -0.980. The average Bonchev–Trinajstić information content (AvgIpc) is 2.37. The lowest BCUT2D eigenvalue weighted by Gasteiger charge is -2.33. The maximum atomic E-state index is 12.4. The molecule has 1 heterocycles. The lowest BCUT2D eigenvalue weighted by Crippen LogP contribution is -2.44. The van der Waals surface area contributed by atoms with Crippen LogP contribution >= 0.6 is 0 Å². The van der Waals surface area contributed by atoms with Crippen LogP contribution in [0.3, 0.4) is 0 Å². The van der Waals surface area contributed by atoms with E-state index in [9.17, 15) is 8.42 Å². The fourth-order valence-electron chi connectivity index (χ4n) is 1.37. The molecule has 0 aliphatic carbocycles. The quantitative estimate of drug-likeness (QED) is 0.877. The predicted octanol–water partition coefficient (Wildman–Crippen LogP) is 1.35. The average molecular weight is 271 g/mol. The van der Waals surface area contributed by atoms with Crippen LogP contribution in [0.15, 0.2) is 23.4 Å². The molecular weight excluding hydrogens is 250 g/mol. The van der Waals surface area contributed by atoms with Crippen LogP contribution in [0.1, 0.15) is 32.8 Å². The van der Waals surface area contributed by atoms with Gasteiger partial charge in [-0.15, -0.1) is 0 Å². The largest absolute Gasteiger partial charge is 0.326 e. The third kappa shape index (κ3) is 2.88. The zero-order chi connectivity index (χ0) is 14.0. The van der Waals surface area contributed by atoms with Crippen molar-refractivity contribution in [3.05, 3.63) is 23.9 Å². The normalized spacial score (nSPS) is 13.0. The van der Waals surface area contributed by atoms with Crippen LogP contribution in [0.4, 0.5) is 0 Å². The molecular formula is C12H21N3O2S. The summed E-state index contributed by atoms with van der Waals surface area (Å²) in [4.78, 5) is 3.98. The zero-order valence-corrected chi connectivity index (χ0v) is 12.2. The van der Waals surface area contributed by atoms with Gasteiger partial charge in [-0.3, -0.25) is 0 Å². The molecule has 0 amide bonds. The van der Waals surface area contributed by atoms with Crippen LogP contribution in [0.2, 0.25) is 0 Å². The first-order chi connectivity index (χ1) is 8.25. The maximum Gasteiger partial charge on any atom is 0.260 e. The van der Waals surface area contributed by atoms with Crippen molar-refractivity contribution in [1.82, 2.24) is 9.29 Å². The summed E-state index contributed by atoms with van der Waals surface area (Å²) in [5, 5.41) is 0.0590. The van der Waals surface area contributed by atoms with E-state index < -0.39 is 15.6 Å². The smallest absolute Gasteiger partial charge is 0.260 e. The van der Waals surface area contributed by atoms with E-state index in [1.54, 1.807) is 13.1 Å². The van der Waals surface area contributed by atoms with Crippen LogP contribution in [0.5, 0.6) is 0 Å². The van der Waals surface area contributed by atoms with E-state index in [-0.39, 0.29) is 5.03 Å². The van der Waals surface area contributed by atoms with Gasteiger partial charge >= 0.3 is 0 Å². The molecule has 1 aromatic rings. The Labute approximate surface area is 109 Å². The van der Waals surface area contributed by atoms with Gasteiger partial charge in [0.25, 0.3) is 10.0 Å². The van der Waals surface area contributed by atoms with Gasteiger partial charge in [-0.2, -0.15) is 4.31 Å². The topological polar surface area (TPSA) is 76.3 Å². The Morgan fingerprint density at radius 2 is 2.00 bits per heavy atom. The molecule has 0 radical (unpaired) electrons. The minimum atomic E-state index is -3.55. The summed E-state index contributed by atoms with van der Waals surface area (Å²) in [6.07, 6.45) is 2.23. The van der Waals surface area contributed by atoms with Crippen molar-refractivity contribution in [2.24, 2.45) is 5.73 Å². The summed E-state index contributed by atoms with van der Waals surface area (Å²) < 4.78 is 26.1. The third-order valence-electron chi connectivity index (χ3n) is 3.38. The summed E-state index contributed by atoms with van der Waals surface area (Å²) in [6, 6.07) is 3.19. The summed E-state index contributed by atoms with van der Waals surface area (Å²) >= 11 is 0. The molecule has 0 spiro atoms. The van der Waals surface area contributed by atoms with Crippen LogP contribution < -0.4 is 5.73 Å². The van der Waals surface area contributed by atoms with E-state index in [0.717, 1.165) is 12.0 Å². The molecule has 5 nitrogen and oxygen atoms in total. The molecule has 2 N–H and O–H groups in total. The first kappa shape index (κ1) is 15.1. The van der Waals surface area contributed by atoms with Crippen LogP contribution in [-0.4, -0.2) is 30.3 Å². The summed E-state index contributed by atoms with van der Waals surface area (Å²) in [5.74, 6) is 0. The zero-order valence-electron chi connectivity index (χ0n) is 11.3. The molecule has 0 fully saturated rings. The lowest BCUT2D eigenvalue weighted by atomic mass is 10.0. The Bertz CT molecular complexity index is 495. The van der Waals surface area contributed by atoms with Crippen molar-refractivity contribution >= 4 is 10.0 Å². The highest BCUT2D eigenvalue weighted by Gasteiger charge is 2.33. The highest BCUT2D eigenvalue weighted by atomic mass is 32.2.